The Kier molecular flexibility index (Phi) is 12.3. The summed E-state index contributed by atoms with van der Waals surface area (Å²) in [4.78, 5) is 26.4. The molecule has 41 heavy (non-hydrogen) atoms. The monoisotopic (exact) mass is 570 g/mol. The molecule has 0 spiro atoms. The molecule has 6 atom stereocenters. The summed E-state index contributed by atoms with van der Waals surface area (Å²) >= 11 is 0. The van der Waals surface area contributed by atoms with Gasteiger partial charge in [-0.25, -0.2) is 0 Å². The molecule has 0 amide bonds. The van der Waals surface area contributed by atoms with Gasteiger partial charge < -0.3 is 28.4 Å². The molecular formula is C33H46O8. The summed E-state index contributed by atoms with van der Waals surface area (Å²) in [5.74, 6) is -0.456. The van der Waals surface area contributed by atoms with Crippen LogP contribution in [-0.2, 0) is 51.2 Å². The summed E-state index contributed by atoms with van der Waals surface area (Å²) in [6, 6.07) is 19.4. The Hall–Kier alpha value is -2.78. The molecule has 8 heteroatoms. The van der Waals surface area contributed by atoms with Gasteiger partial charge in [0.25, 0.3) is 0 Å². The van der Waals surface area contributed by atoms with Crippen molar-refractivity contribution in [3.63, 3.8) is 0 Å². The van der Waals surface area contributed by atoms with Gasteiger partial charge in [-0.15, -0.1) is 0 Å². The highest BCUT2D eigenvalue weighted by Crippen LogP contribution is 2.32. The number of carbonyl (C=O) groups is 2. The largest absolute Gasteiger partial charge is 0.455 e. The summed E-state index contributed by atoms with van der Waals surface area (Å²) in [5, 5.41) is 0. The summed E-state index contributed by atoms with van der Waals surface area (Å²) in [6.07, 6.45) is -4.28. The van der Waals surface area contributed by atoms with Crippen LogP contribution in [0.25, 0.3) is 0 Å². The second-order valence-corrected chi connectivity index (χ2v) is 12.0. The van der Waals surface area contributed by atoms with Gasteiger partial charge in [-0.05, 0) is 43.7 Å². The maximum atomic E-state index is 13.2. The van der Waals surface area contributed by atoms with Gasteiger partial charge in [0.15, 0.2) is 18.5 Å². The Balaban J connectivity index is 1.91. The van der Waals surface area contributed by atoms with E-state index in [2.05, 4.69) is 13.8 Å². The van der Waals surface area contributed by atoms with Gasteiger partial charge in [-0.1, -0.05) is 81.4 Å². The molecule has 226 valence electrons. The molecule has 1 saturated heterocycles. The van der Waals surface area contributed by atoms with Gasteiger partial charge in [0.05, 0.1) is 25.2 Å². The Labute approximate surface area is 244 Å². The molecule has 8 nitrogen and oxygen atoms in total. The first-order chi connectivity index (χ1) is 19.5. The molecule has 2 aromatic carbocycles. The van der Waals surface area contributed by atoms with Crippen molar-refractivity contribution in [1.82, 2.24) is 0 Å². The lowest BCUT2D eigenvalue weighted by Gasteiger charge is -2.45. The van der Waals surface area contributed by atoms with Gasteiger partial charge in [0.2, 0.25) is 0 Å². The van der Waals surface area contributed by atoms with Gasteiger partial charge in [-0.3, -0.25) is 9.59 Å². The Morgan fingerprint density at radius 1 is 0.829 bits per heavy atom. The molecule has 0 aromatic heterocycles. The smallest absolute Gasteiger partial charge is 0.311 e. The first-order valence-electron chi connectivity index (χ1n) is 14.4. The fraction of sp³-hybridized carbons (Fsp3) is 0.576. The predicted octanol–water partition coefficient (Wildman–Crippen LogP) is 5.71. The minimum atomic E-state index is -0.985. The van der Waals surface area contributed by atoms with Crippen LogP contribution in [0, 0.1) is 17.3 Å². The highest BCUT2D eigenvalue weighted by molar-refractivity contribution is 5.75. The molecule has 1 heterocycles. The molecule has 0 N–H and O–H groups in total. The average molecular weight is 571 g/mol. The van der Waals surface area contributed by atoms with Crippen LogP contribution in [0.15, 0.2) is 60.7 Å². The minimum Gasteiger partial charge on any atom is -0.455 e. The van der Waals surface area contributed by atoms with Crippen molar-refractivity contribution in [2.45, 2.75) is 91.9 Å². The lowest BCUT2D eigenvalue weighted by Crippen LogP contribution is -2.62. The van der Waals surface area contributed by atoms with E-state index in [-0.39, 0.29) is 25.6 Å². The first kappa shape index (κ1) is 32.7. The topological polar surface area (TPSA) is 89.5 Å². The van der Waals surface area contributed by atoms with Crippen LogP contribution in [0.1, 0.15) is 59.1 Å². The van der Waals surface area contributed by atoms with Crippen LogP contribution in [0.4, 0.5) is 0 Å². The number of ether oxygens (including phenoxy) is 6. The molecule has 1 fully saturated rings. The van der Waals surface area contributed by atoms with E-state index >= 15 is 0 Å². The maximum absolute atomic E-state index is 13.2. The maximum Gasteiger partial charge on any atom is 0.311 e. The van der Waals surface area contributed by atoms with Crippen LogP contribution >= 0.6 is 0 Å². The van der Waals surface area contributed by atoms with Crippen LogP contribution in [-0.4, -0.2) is 56.4 Å². The molecule has 1 aliphatic rings. The van der Waals surface area contributed by atoms with E-state index in [0.717, 1.165) is 11.1 Å². The van der Waals surface area contributed by atoms with Crippen LogP contribution in [0.3, 0.4) is 0 Å². The van der Waals surface area contributed by atoms with Gasteiger partial charge in [0.1, 0.15) is 12.2 Å². The quantitative estimate of drug-likeness (QED) is 0.283. The molecular weight excluding hydrogens is 524 g/mol. The van der Waals surface area contributed by atoms with E-state index in [0.29, 0.717) is 12.5 Å². The van der Waals surface area contributed by atoms with E-state index < -0.39 is 48.1 Å². The molecule has 0 saturated carbocycles. The zero-order valence-electron chi connectivity index (χ0n) is 25.4. The van der Waals surface area contributed by atoms with E-state index in [1.54, 1.807) is 20.8 Å². The van der Waals surface area contributed by atoms with E-state index in [9.17, 15) is 9.59 Å². The summed E-state index contributed by atoms with van der Waals surface area (Å²) in [7, 11) is 1.51. The molecule has 0 aliphatic carbocycles. The van der Waals surface area contributed by atoms with Gasteiger partial charge in [0, 0.05) is 13.5 Å². The standard InChI is InChI=1S/C33H46O8/c1-22(2)23(3)18-27(34)40-29-28(41-32(35)33(4,5)6)26(21-37-19-24-14-10-8-11-15-24)39-31(36-7)30(29)38-20-25-16-12-9-13-17-25/h8-17,22-23,26,28-31H,18-21H2,1-7H3/t23-,26-,28+,29+,30-,31+/m1/s1. The number of hydrogen-bond donors (Lipinski definition) is 0. The summed E-state index contributed by atoms with van der Waals surface area (Å²) < 4.78 is 36.5. The highest BCUT2D eigenvalue weighted by atomic mass is 16.7. The van der Waals surface area contributed by atoms with Crippen molar-refractivity contribution in [3.8, 4) is 0 Å². The van der Waals surface area contributed by atoms with Gasteiger partial charge >= 0.3 is 11.9 Å². The normalized spacial score (nSPS) is 23.7. The third-order valence-corrected chi connectivity index (χ3v) is 7.25. The van der Waals surface area contributed by atoms with E-state index in [4.69, 9.17) is 28.4 Å². The SMILES string of the molecule is CO[C@H]1O[C@H](COCc2ccccc2)[C@H](OC(=O)C(C)(C)C)[C@H](OC(=O)C[C@@H](C)C(C)C)[C@H]1OCc1ccccc1. The predicted molar refractivity (Wildman–Crippen MR) is 155 cm³/mol. The Morgan fingerprint density at radius 3 is 1.95 bits per heavy atom. The number of esters is 2. The van der Waals surface area contributed by atoms with Crippen molar-refractivity contribution in [2.24, 2.45) is 17.3 Å². The molecule has 0 unspecified atom stereocenters. The zero-order valence-corrected chi connectivity index (χ0v) is 25.4. The average Bonchev–Trinajstić information content (AvgIpc) is 2.94. The van der Waals surface area contributed by atoms with Crippen molar-refractivity contribution in [2.75, 3.05) is 13.7 Å². The van der Waals surface area contributed by atoms with Crippen molar-refractivity contribution < 1.29 is 38.0 Å². The third-order valence-electron chi connectivity index (χ3n) is 7.25. The lowest BCUT2D eigenvalue weighted by atomic mass is 9.94. The lowest BCUT2D eigenvalue weighted by molar-refractivity contribution is -0.312. The van der Waals surface area contributed by atoms with Crippen LogP contribution in [0.5, 0.6) is 0 Å². The molecule has 1 aliphatic heterocycles. The second kappa shape index (κ2) is 15.4. The van der Waals surface area contributed by atoms with Crippen LogP contribution < -0.4 is 0 Å². The van der Waals surface area contributed by atoms with Gasteiger partial charge in [-0.2, -0.15) is 0 Å². The number of hydrogen-bond acceptors (Lipinski definition) is 8. The fourth-order valence-corrected chi connectivity index (χ4v) is 4.29. The van der Waals surface area contributed by atoms with Crippen LogP contribution in [0.2, 0.25) is 0 Å². The summed E-state index contributed by atoms with van der Waals surface area (Å²) in [5.41, 5.74) is 1.12. The van der Waals surface area contributed by atoms with E-state index in [1.165, 1.54) is 7.11 Å². The molecule has 2 aromatic rings. The van der Waals surface area contributed by atoms with Crippen molar-refractivity contribution >= 4 is 11.9 Å². The van der Waals surface area contributed by atoms with Crippen molar-refractivity contribution in [3.05, 3.63) is 71.8 Å². The number of methoxy groups -OCH3 is 1. The molecule has 3 rings (SSSR count). The number of benzene rings is 2. The first-order valence-corrected chi connectivity index (χ1v) is 14.4. The molecule has 0 radical (unpaired) electrons. The molecule has 0 bridgehead atoms. The van der Waals surface area contributed by atoms with E-state index in [1.807, 2.05) is 67.6 Å². The Morgan fingerprint density at radius 2 is 1.41 bits per heavy atom. The zero-order chi connectivity index (χ0) is 30.0. The highest BCUT2D eigenvalue weighted by Gasteiger charge is 2.52. The fourth-order valence-electron chi connectivity index (χ4n) is 4.29. The Bertz CT molecular complexity index is 1070. The number of rotatable bonds is 13. The third kappa shape index (κ3) is 9.92. The minimum absolute atomic E-state index is 0.0820. The second-order valence-electron chi connectivity index (χ2n) is 12.0. The number of carbonyl (C=O) groups excluding carboxylic acids is 2. The van der Waals surface area contributed by atoms with Crippen molar-refractivity contribution in [1.29, 1.82) is 0 Å². The summed E-state index contributed by atoms with van der Waals surface area (Å²) in [6.45, 7) is 12.1.